The van der Waals surface area contributed by atoms with Gasteiger partial charge in [-0.25, -0.2) is 0 Å². The summed E-state index contributed by atoms with van der Waals surface area (Å²) < 4.78 is 0. The van der Waals surface area contributed by atoms with Gasteiger partial charge in [0.25, 0.3) is 0 Å². The van der Waals surface area contributed by atoms with Crippen LogP contribution in [0.5, 0.6) is 5.75 Å². The summed E-state index contributed by atoms with van der Waals surface area (Å²) >= 11 is 6.64. The van der Waals surface area contributed by atoms with Crippen molar-refractivity contribution >= 4 is 28.5 Å². The van der Waals surface area contributed by atoms with Crippen LogP contribution in [-0.4, -0.2) is 32.3 Å². The molecule has 0 heterocycles. The number of aliphatic hydroxyl groups is 2. The average Bonchev–Trinajstić information content (AvgIpc) is 2.28. The Kier molecular flexibility index (Phi) is 5.27. The fraction of sp³-hybridized carbons (Fsp3) is 0.364. The molecule has 1 rings (SSSR count). The number of aromatic hydroxyl groups is 1. The van der Waals surface area contributed by atoms with Crippen LogP contribution in [-0.2, 0) is 4.79 Å². The van der Waals surface area contributed by atoms with E-state index >= 15 is 0 Å². The summed E-state index contributed by atoms with van der Waals surface area (Å²) in [6.07, 6.45) is -2.42. The zero-order valence-electron chi connectivity index (χ0n) is 9.13. The van der Waals surface area contributed by atoms with E-state index in [0.717, 1.165) is 11.8 Å². The maximum atomic E-state index is 10.7. The number of halogens is 1. The standard InChI is InChI=1S/C11H13ClO4S/c1-6(13)17-5-10(15)11(16)8-4-7(12)2-3-9(8)14/h2-4,10-11,14-16H,5H2,1H3. The van der Waals surface area contributed by atoms with Gasteiger partial charge in [-0.05, 0) is 18.2 Å². The molecule has 0 aliphatic rings. The number of hydrogen-bond acceptors (Lipinski definition) is 5. The van der Waals surface area contributed by atoms with Crippen molar-refractivity contribution in [1.29, 1.82) is 0 Å². The first-order valence-corrected chi connectivity index (χ1v) is 6.26. The molecule has 4 nitrogen and oxygen atoms in total. The summed E-state index contributed by atoms with van der Waals surface area (Å²) in [5.74, 6) is -0.0867. The van der Waals surface area contributed by atoms with E-state index in [4.69, 9.17) is 11.6 Å². The Balaban J connectivity index is 2.77. The van der Waals surface area contributed by atoms with Gasteiger partial charge in [0.2, 0.25) is 0 Å². The molecular weight excluding hydrogens is 264 g/mol. The molecule has 0 radical (unpaired) electrons. The highest BCUT2D eigenvalue weighted by Crippen LogP contribution is 2.30. The molecule has 0 aliphatic heterocycles. The summed E-state index contributed by atoms with van der Waals surface area (Å²) in [5, 5.41) is 29.2. The third-order valence-electron chi connectivity index (χ3n) is 2.13. The van der Waals surface area contributed by atoms with E-state index in [2.05, 4.69) is 0 Å². The van der Waals surface area contributed by atoms with Crippen LogP contribution in [0.25, 0.3) is 0 Å². The smallest absolute Gasteiger partial charge is 0.185 e. The van der Waals surface area contributed by atoms with Crippen molar-refractivity contribution < 1.29 is 20.1 Å². The second-order valence-electron chi connectivity index (χ2n) is 3.52. The summed E-state index contributed by atoms with van der Waals surface area (Å²) in [6, 6.07) is 4.19. The molecule has 1 aromatic rings. The first-order valence-electron chi connectivity index (χ1n) is 4.89. The largest absolute Gasteiger partial charge is 0.508 e. The van der Waals surface area contributed by atoms with Crippen molar-refractivity contribution in [2.45, 2.75) is 19.1 Å². The van der Waals surface area contributed by atoms with Crippen LogP contribution in [0.3, 0.4) is 0 Å². The maximum Gasteiger partial charge on any atom is 0.185 e. The molecule has 2 atom stereocenters. The predicted octanol–water partition coefficient (Wildman–Crippen LogP) is 1.72. The molecule has 0 saturated carbocycles. The van der Waals surface area contributed by atoms with E-state index in [9.17, 15) is 20.1 Å². The van der Waals surface area contributed by atoms with Crippen LogP contribution in [0.4, 0.5) is 0 Å². The highest BCUT2D eigenvalue weighted by molar-refractivity contribution is 8.13. The third kappa shape index (κ3) is 4.20. The molecule has 0 bridgehead atoms. The Labute approximate surface area is 108 Å². The molecule has 94 valence electrons. The van der Waals surface area contributed by atoms with Crippen molar-refractivity contribution in [2.24, 2.45) is 0 Å². The molecule has 6 heteroatoms. The number of phenolic OH excluding ortho intramolecular Hbond substituents is 1. The highest BCUT2D eigenvalue weighted by Gasteiger charge is 2.22. The Bertz CT molecular complexity index is 410. The van der Waals surface area contributed by atoms with E-state index in [1.54, 1.807) is 0 Å². The minimum atomic E-state index is -1.28. The normalized spacial score (nSPS) is 14.4. The quantitative estimate of drug-likeness (QED) is 0.780. The zero-order chi connectivity index (χ0) is 13.0. The zero-order valence-corrected chi connectivity index (χ0v) is 10.7. The number of rotatable bonds is 4. The van der Waals surface area contributed by atoms with Crippen molar-refractivity contribution in [3.63, 3.8) is 0 Å². The topological polar surface area (TPSA) is 77.8 Å². The van der Waals surface area contributed by atoms with Gasteiger partial charge >= 0.3 is 0 Å². The fourth-order valence-corrected chi connectivity index (χ4v) is 2.03. The Morgan fingerprint density at radius 2 is 2.12 bits per heavy atom. The van der Waals surface area contributed by atoms with Gasteiger partial charge in [0, 0.05) is 23.3 Å². The lowest BCUT2D eigenvalue weighted by Crippen LogP contribution is -2.21. The molecule has 0 spiro atoms. The molecule has 17 heavy (non-hydrogen) atoms. The van der Waals surface area contributed by atoms with Crippen LogP contribution in [0.15, 0.2) is 18.2 Å². The number of carbonyl (C=O) groups is 1. The van der Waals surface area contributed by atoms with E-state index in [-0.39, 0.29) is 22.2 Å². The van der Waals surface area contributed by atoms with Gasteiger partial charge in [-0.15, -0.1) is 0 Å². The SMILES string of the molecule is CC(=O)SCC(O)C(O)c1cc(Cl)ccc1O. The second kappa shape index (κ2) is 6.26. The minimum Gasteiger partial charge on any atom is -0.508 e. The Morgan fingerprint density at radius 1 is 1.47 bits per heavy atom. The summed E-state index contributed by atoms with van der Waals surface area (Å²) in [4.78, 5) is 10.7. The van der Waals surface area contributed by atoms with Crippen molar-refractivity contribution in [3.05, 3.63) is 28.8 Å². The molecule has 0 aliphatic carbocycles. The highest BCUT2D eigenvalue weighted by atomic mass is 35.5. The van der Waals surface area contributed by atoms with Crippen molar-refractivity contribution in [1.82, 2.24) is 0 Å². The third-order valence-corrected chi connectivity index (χ3v) is 3.28. The van der Waals surface area contributed by atoms with Gasteiger partial charge in [-0.3, -0.25) is 4.79 Å². The van der Waals surface area contributed by atoms with E-state index < -0.39 is 12.2 Å². The summed E-state index contributed by atoms with van der Waals surface area (Å²) in [5.41, 5.74) is 0.147. The van der Waals surface area contributed by atoms with E-state index in [1.165, 1.54) is 25.1 Å². The second-order valence-corrected chi connectivity index (χ2v) is 5.15. The van der Waals surface area contributed by atoms with Crippen LogP contribution < -0.4 is 0 Å². The first kappa shape index (κ1) is 14.3. The number of carbonyl (C=O) groups excluding carboxylic acids is 1. The lowest BCUT2D eigenvalue weighted by molar-refractivity contribution is -0.109. The molecule has 0 saturated heterocycles. The van der Waals surface area contributed by atoms with Gasteiger partial charge in [0.05, 0.1) is 6.10 Å². The van der Waals surface area contributed by atoms with Crippen molar-refractivity contribution in [3.8, 4) is 5.75 Å². The first-order chi connectivity index (χ1) is 7.91. The van der Waals surface area contributed by atoms with Crippen LogP contribution in [0, 0.1) is 0 Å². The molecular formula is C11H13ClO4S. The number of phenols is 1. The number of thioether (sulfide) groups is 1. The molecule has 0 fully saturated rings. The summed E-state index contributed by atoms with van der Waals surface area (Å²) in [6.45, 7) is 1.38. The van der Waals surface area contributed by atoms with Gasteiger partial charge < -0.3 is 15.3 Å². The average molecular weight is 277 g/mol. The van der Waals surface area contributed by atoms with Gasteiger partial charge in [0.15, 0.2) is 5.12 Å². The number of hydrogen-bond donors (Lipinski definition) is 3. The van der Waals surface area contributed by atoms with Gasteiger partial charge in [0.1, 0.15) is 11.9 Å². The lowest BCUT2D eigenvalue weighted by atomic mass is 10.0. The Morgan fingerprint density at radius 3 is 2.71 bits per heavy atom. The molecule has 1 aromatic carbocycles. The monoisotopic (exact) mass is 276 g/mol. The molecule has 3 N–H and O–H groups in total. The summed E-state index contributed by atoms with van der Waals surface area (Å²) in [7, 11) is 0. The fourth-order valence-electron chi connectivity index (χ4n) is 1.26. The van der Waals surface area contributed by atoms with Crippen molar-refractivity contribution in [2.75, 3.05) is 5.75 Å². The van der Waals surface area contributed by atoms with Gasteiger partial charge in [-0.2, -0.15) is 0 Å². The predicted molar refractivity (Wildman–Crippen MR) is 67.2 cm³/mol. The van der Waals surface area contributed by atoms with E-state index in [1.807, 2.05) is 0 Å². The van der Waals surface area contributed by atoms with Crippen LogP contribution in [0.1, 0.15) is 18.6 Å². The van der Waals surface area contributed by atoms with Crippen LogP contribution in [0.2, 0.25) is 5.02 Å². The number of aliphatic hydroxyl groups excluding tert-OH is 2. The molecule has 0 aromatic heterocycles. The molecule has 2 unspecified atom stereocenters. The maximum absolute atomic E-state index is 10.7. The minimum absolute atomic E-state index is 0.0580. The van der Waals surface area contributed by atoms with Gasteiger partial charge in [-0.1, -0.05) is 23.4 Å². The number of benzene rings is 1. The molecule has 0 amide bonds. The van der Waals surface area contributed by atoms with E-state index in [0.29, 0.717) is 5.02 Å². The van der Waals surface area contributed by atoms with Crippen LogP contribution >= 0.6 is 23.4 Å². The lowest BCUT2D eigenvalue weighted by Gasteiger charge is -2.18. The Hall–Kier alpha value is -0.750.